The van der Waals surface area contributed by atoms with E-state index in [4.69, 9.17) is 0 Å². The molecule has 7 nitrogen and oxygen atoms in total. The first-order valence-corrected chi connectivity index (χ1v) is 11.0. The van der Waals surface area contributed by atoms with Gasteiger partial charge in [-0.2, -0.15) is 13.2 Å². The third-order valence-electron chi connectivity index (χ3n) is 5.63. The van der Waals surface area contributed by atoms with Crippen molar-refractivity contribution >= 4 is 29.2 Å². The number of aryl methyl sites for hydroxylation is 2. The number of hydrogen-bond donors (Lipinski definition) is 3. The number of nitrogens with zero attached hydrogens (tertiary/aromatic N) is 1. The second-order valence-corrected chi connectivity index (χ2v) is 8.88. The van der Waals surface area contributed by atoms with E-state index in [1.54, 1.807) is 32.0 Å². The monoisotopic (exact) mass is 488 g/mol. The molecule has 0 spiro atoms. The fraction of sp³-hybridized carbons (Fsp3) is 0.217. The molecule has 0 radical (unpaired) electrons. The maximum absolute atomic E-state index is 13.3. The van der Waals surface area contributed by atoms with E-state index in [0.717, 1.165) is 12.1 Å². The van der Waals surface area contributed by atoms with Crippen LogP contribution in [0.4, 0.5) is 18.0 Å². The molecule has 1 unspecified atom stereocenters. The molecule has 1 aromatic heterocycles. The van der Waals surface area contributed by atoms with Crippen molar-refractivity contribution in [3.05, 3.63) is 75.2 Å². The second kappa shape index (κ2) is 8.56. The van der Waals surface area contributed by atoms with Crippen LogP contribution in [0.3, 0.4) is 0 Å². The maximum Gasteiger partial charge on any atom is 0.416 e. The Morgan fingerprint density at radius 1 is 1.12 bits per heavy atom. The summed E-state index contributed by atoms with van der Waals surface area (Å²) in [5.74, 6) is -1.19. The van der Waals surface area contributed by atoms with Gasteiger partial charge in [0.1, 0.15) is 0 Å². The molecule has 1 atom stereocenters. The highest BCUT2D eigenvalue weighted by Crippen LogP contribution is 2.33. The van der Waals surface area contributed by atoms with Crippen molar-refractivity contribution in [3.8, 4) is 11.1 Å². The number of benzene rings is 2. The number of alkyl halides is 3. The summed E-state index contributed by atoms with van der Waals surface area (Å²) < 4.78 is 38.9. The van der Waals surface area contributed by atoms with Crippen molar-refractivity contribution in [2.75, 3.05) is 6.54 Å². The number of rotatable bonds is 5. The Bertz CT molecular complexity index is 1290. The van der Waals surface area contributed by atoms with Crippen LogP contribution in [0.15, 0.2) is 48.0 Å². The van der Waals surface area contributed by atoms with E-state index in [9.17, 15) is 27.6 Å². The number of nitrogens with one attached hydrogen (secondary N) is 3. The van der Waals surface area contributed by atoms with Gasteiger partial charge in [0.15, 0.2) is 5.54 Å². The van der Waals surface area contributed by atoms with Gasteiger partial charge in [0.05, 0.1) is 28.9 Å². The molecule has 3 aromatic rings. The van der Waals surface area contributed by atoms with Gasteiger partial charge in [0.25, 0.3) is 11.8 Å². The zero-order valence-electron chi connectivity index (χ0n) is 18.0. The lowest BCUT2D eigenvalue weighted by molar-refractivity contribution is -0.137. The Labute approximate surface area is 196 Å². The van der Waals surface area contributed by atoms with E-state index in [1.165, 1.54) is 29.0 Å². The third kappa shape index (κ3) is 4.14. The summed E-state index contributed by atoms with van der Waals surface area (Å²) in [6.07, 6.45) is -4.47. The molecule has 1 aliphatic rings. The average Bonchev–Trinajstić information content (AvgIpc) is 3.33. The van der Waals surface area contributed by atoms with Crippen LogP contribution in [0.25, 0.3) is 11.1 Å². The van der Waals surface area contributed by atoms with Crippen LogP contribution in [0, 0.1) is 13.8 Å². The van der Waals surface area contributed by atoms with Gasteiger partial charge < -0.3 is 10.6 Å². The minimum Gasteiger partial charge on any atom is -0.349 e. The molecule has 1 saturated heterocycles. The highest BCUT2D eigenvalue weighted by molar-refractivity contribution is 7.09. The quantitative estimate of drug-likeness (QED) is 0.474. The Kier molecular flexibility index (Phi) is 5.90. The second-order valence-electron chi connectivity index (χ2n) is 7.83. The number of halogens is 3. The fourth-order valence-corrected chi connectivity index (χ4v) is 4.59. The lowest BCUT2D eigenvalue weighted by Gasteiger charge is -2.26. The number of hydrogen-bond acceptors (Lipinski definition) is 5. The van der Waals surface area contributed by atoms with E-state index in [1.807, 2.05) is 0 Å². The highest BCUT2D eigenvalue weighted by atomic mass is 32.1. The first-order valence-electron chi connectivity index (χ1n) is 10.1. The molecule has 0 bridgehead atoms. The minimum atomic E-state index is -4.47. The maximum atomic E-state index is 13.3. The Morgan fingerprint density at radius 2 is 1.82 bits per heavy atom. The topological polar surface area (TPSA) is 100 Å². The van der Waals surface area contributed by atoms with Gasteiger partial charge in [0, 0.05) is 4.88 Å². The van der Waals surface area contributed by atoms with E-state index >= 15 is 0 Å². The van der Waals surface area contributed by atoms with Gasteiger partial charge in [-0.25, -0.2) is 9.78 Å². The number of urea groups is 1. The first-order chi connectivity index (χ1) is 16.0. The number of imide groups is 1. The first kappa shape index (κ1) is 23.4. The SMILES string of the molecule is Cc1cccc(-c2ccc(C(F)(F)F)cc2)c1C(=O)NCC1(c2ncsc2C)NC(=O)NC1=O. The van der Waals surface area contributed by atoms with Gasteiger partial charge in [-0.15, -0.1) is 11.3 Å². The van der Waals surface area contributed by atoms with Crippen molar-refractivity contribution in [3.63, 3.8) is 0 Å². The average molecular weight is 488 g/mol. The Hall–Kier alpha value is -3.73. The molecule has 2 heterocycles. The van der Waals surface area contributed by atoms with Crippen LogP contribution in [-0.4, -0.2) is 29.4 Å². The van der Waals surface area contributed by atoms with Gasteiger partial charge in [-0.1, -0.05) is 30.3 Å². The number of amides is 4. The predicted molar refractivity (Wildman–Crippen MR) is 119 cm³/mol. The van der Waals surface area contributed by atoms with Crippen LogP contribution >= 0.6 is 11.3 Å². The summed E-state index contributed by atoms with van der Waals surface area (Å²) >= 11 is 1.29. The lowest BCUT2D eigenvalue weighted by atomic mass is 9.92. The van der Waals surface area contributed by atoms with Crippen LogP contribution in [-0.2, 0) is 16.5 Å². The molecular weight excluding hydrogens is 469 g/mol. The summed E-state index contributed by atoms with van der Waals surface area (Å²) in [7, 11) is 0. The number of thiazole rings is 1. The molecule has 0 saturated carbocycles. The molecule has 1 fully saturated rings. The summed E-state index contributed by atoms with van der Waals surface area (Å²) in [6.45, 7) is 3.18. The predicted octanol–water partition coefficient (Wildman–Crippen LogP) is 3.91. The molecule has 34 heavy (non-hydrogen) atoms. The Morgan fingerprint density at radius 3 is 2.38 bits per heavy atom. The number of carbonyl (C=O) groups excluding carboxylic acids is 3. The molecule has 11 heteroatoms. The van der Waals surface area contributed by atoms with Crippen molar-refractivity contribution in [2.45, 2.75) is 25.6 Å². The zero-order chi connectivity index (χ0) is 24.7. The van der Waals surface area contributed by atoms with Crippen LogP contribution < -0.4 is 16.0 Å². The molecule has 3 N–H and O–H groups in total. The summed E-state index contributed by atoms with van der Waals surface area (Å²) in [5.41, 5.74) is 1.20. The van der Waals surface area contributed by atoms with Crippen molar-refractivity contribution < 1.29 is 27.6 Å². The van der Waals surface area contributed by atoms with Crippen LogP contribution in [0.2, 0.25) is 0 Å². The van der Waals surface area contributed by atoms with Gasteiger partial charge in [-0.3, -0.25) is 14.9 Å². The van der Waals surface area contributed by atoms with Gasteiger partial charge in [0.2, 0.25) is 0 Å². The summed E-state index contributed by atoms with van der Waals surface area (Å²) in [6, 6.07) is 8.85. The van der Waals surface area contributed by atoms with E-state index in [0.29, 0.717) is 27.3 Å². The Balaban J connectivity index is 1.66. The molecule has 2 aromatic carbocycles. The van der Waals surface area contributed by atoms with E-state index in [-0.39, 0.29) is 12.1 Å². The standard InChI is InChI=1S/C23H19F3N4O3S/c1-12-4-3-5-16(14-6-8-15(9-7-14)23(24,25)26)17(12)19(31)27-10-22(18-13(2)34-11-28-18)20(32)29-21(33)30-22/h3-9,11H,10H2,1-2H3,(H,27,31)(H2,29,30,32,33). The largest absolute Gasteiger partial charge is 0.416 e. The molecule has 0 aliphatic carbocycles. The van der Waals surface area contributed by atoms with Crippen molar-refractivity contribution in [1.29, 1.82) is 0 Å². The summed E-state index contributed by atoms with van der Waals surface area (Å²) in [4.78, 5) is 42.8. The van der Waals surface area contributed by atoms with Crippen molar-refractivity contribution in [1.82, 2.24) is 20.9 Å². The smallest absolute Gasteiger partial charge is 0.349 e. The van der Waals surface area contributed by atoms with E-state index < -0.39 is 35.1 Å². The molecule has 4 amide bonds. The normalized spacial score (nSPS) is 17.9. The molecule has 176 valence electrons. The number of carbonyl (C=O) groups is 3. The molecule has 4 rings (SSSR count). The van der Waals surface area contributed by atoms with Crippen molar-refractivity contribution in [2.24, 2.45) is 0 Å². The minimum absolute atomic E-state index is 0.247. The molecular formula is C23H19F3N4O3S. The van der Waals surface area contributed by atoms with E-state index in [2.05, 4.69) is 20.9 Å². The lowest BCUT2D eigenvalue weighted by Crippen LogP contribution is -2.53. The zero-order valence-corrected chi connectivity index (χ0v) is 18.9. The highest BCUT2D eigenvalue weighted by Gasteiger charge is 2.50. The van der Waals surface area contributed by atoms with Crippen LogP contribution in [0.1, 0.15) is 32.1 Å². The van der Waals surface area contributed by atoms with Crippen LogP contribution in [0.5, 0.6) is 0 Å². The fourth-order valence-electron chi connectivity index (χ4n) is 3.93. The van der Waals surface area contributed by atoms with Gasteiger partial charge >= 0.3 is 12.2 Å². The summed E-state index contributed by atoms with van der Waals surface area (Å²) in [5, 5.41) is 7.46. The van der Waals surface area contributed by atoms with Gasteiger partial charge in [-0.05, 0) is 42.7 Å². The third-order valence-corrected chi connectivity index (χ3v) is 6.39. The number of aromatic nitrogens is 1. The molecule has 1 aliphatic heterocycles.